The van der Waals surface area contributed by atoms with Crippen LogP contribution in [0.1, 0.15) is 71.3 Å². The number of halogens is 1. The van der Waals surface area contributed by atoms with Crippen molar-refractivity contribution < 1.29 is 4.39 Å². The Bertz CT molecular complexity index is 337. The van der Waals surface area contributed by atoms with Gasteiger partial charge in [-0.3, -0.25) is 0 Å². The Morgan fingerprint density at radius 2 is 1.47 bits per heavy atom. The number of rotatable bonds is 9. The zero-order valence-corrected chi connectivity index (χ0v) is 12.8. The zero-order chi connectivity index (χ0) is 14.1. The lowest BCUT2D eigenvalue weighted by atomic mass is 9.81. The highest BCUT2D eigenvalue weighted by atomic mass is 19.1. The van der Waals surface area contributed by atoms with Crippen molar-refractivity contribution in [3.05, 3.63) is 35.6 Å². The van der Waals surface area contributed by atoms with Crippen LogP contribution in [-0.2, 0) is 6.42 Å². The van der Waals surface area contributed by atoms with Crippen molar-refractivity contribution in [2.75, 3.05) is 0 Å². The Labute approximate surface area is 118 Å². The first-order valence-corrected chi connectivity index (χ1v) is 7.78. The van der Waals surface area contributed by atoms with Gasteiger partial charge in [0.2, 0.25) is 0 Å². The van der Waals surface area contributed by atoms with Crippen molar-refractivity contribution in [2.24, 2.45) is 5.41 Å². The van der Waals surface area contributed by atoms with Crippen LogP contribution in [0.2, 0.25) is 0 Å². The fraction of sp³-hybridized carbons (Fsp3) is 0.667. The van der Waals surface area contributed by atoms with Crippen molar-refractivity contribution in [3.63, 3.8) is 0 Å². The van der Waals surface area contributed by atoms with Gasteiger partial charge in [-0.15, -0.1) is 0 Å². The molecule has 0 saturated heterocycles. The molecule has 0 aliphatic rings. The van der Waals surface area contributed by atoms with Crippen LogP contribution in [0.4, 0.5) is 4.39 Å². The third-order valence-corrected chi connectivity index (χ3v) is 3.80. The second-order valence-corrected chi connectivity index (χ2v) is 6.49. The average Bonchev–Trinajstić information content (AvgIpc) is 2.36. The van der Waals surface area contributed by atoms with Gasteiger partial charge < -0.3 is 0 Å². The Morgan fingerprint density at radius 3 is 2.11 bits per heavy atom. The maximum absolute atomic E-state index is 12.9. The van der Waals surface area contributed by atoms with Crippen LogP contribution in [0.5, 0.6) is 0 Å². The van der Waals surface area contributed by atoms with Gasteiger partial charge >= 0.3 is 0 Å². The minimum atomic E-state index is -0.141. The van der Waals surface area contributed by atoms with Gasteiger partial charge in [-0.2, -0.15) is 0 Å². The van der Waals surface area contributed by atoms with Gasteiger partial charge in [0.1, 0.15) is 5.82 Å². The lowest BCUT2D eigenvalue weighted by Gasteiger charge is -2.24. The Hall–Kier alpha value is -0.850. The summed E-state index contributed by atoms with van der Waals surface area (Å²) in [6.45, 7) is 6.90. The molecule has 1 aromatic rings. The van der Waals surface area contributed by atoms with Crippen LogP contribution in [-0.4, -0.2) is 0 Å². The Balaban J connectivity index is 2.25. The molecule has 0 amide bonds. The summed E-state index contributed by atoms with van der Waals surface area (Å²) < 4.78 is 12.9. The van der Waals surface area contributed by atoms with E-state index in [0.717, 1.165) is 6.42 Å². The highest BCUT2D eigenvalue weighted by Gasteiger charge is 2.17. The van der Waals surface area contributed by atoms with Gasteiger partial charge in [0, 0.05) is 0 Å². The van der Waals surface area contributed by atoms with Gasteiger partial charge in [-0.05, 0) is 36.0 Å². The lowest BCUT2D eigenvalue weighted by molar-refractivity contribution is 0.316. The molecule has 0 aliphatic heterocycles. The molecule has 1 aromatic carbocycles. The van der Waals surface area contributed by atoms with Gasteiger partial charge in [0.25, 0.3) is 0 Å². The fourth-order valence-electron chi connectivity index (χ4n) is 2.63. The highest BCUT2D eigenvalue weighted by molar-refractivity contribution is 5.17. The smallest absolute Gasteiger partial charge is 0.123 e. The van der Waals surface area contributed by atoms with Crippen molar-refractivity contribution in [1.29, 1.82) is 0 Å². The van der Waals surface area contributed by atoms with Crippen molar-refractivity contribution >= 4 is 0 Å². The van der Waals surface area contributed by atoms with Gasteiger partial charge in [0.05, 0.1) is 0 Å². The van der Waals surface area contributed by atoms with Crippen molar-refractivity contribution in [1.82, 2.24) is 0 Å². The Morgan fingerprint density at radius 1 is 0.895 bits per heavy atom. The highest BCUT2D eigenvalue weighted by Crippen LogP contribution is 2.28. The van der Waals surface area contributed by atoms with Gasteiger partial charge in [-0.1, -0.05) is 71.4 Å². The summed E-state index contributed by atoms with van der Waals surface area (Å²) in [6, 6.07) is 6.96. The molecule has 0 fully saturated rings. The number of unbranched alkanes of at least 4 members (excludes halogenated alkanes) is 5. The topological polar surface area (TPSA) is 0 Å². The van der Waals surface area contributed by atoms with E-state index in [1.165, 1.54) is 50.5 Å². The molecule has 0 nitrogen and oxygen atoms in total. The molecule has 0 aliphatic carbocycles. The molecule has 0 unspecified atom stereocenters. The largest absolute Gasteiger partial charge is 0.207 e. The minimum absolute atomic E-state index is 0.141. The average molecular weight is 264 g/mol. The Kier molecular flexibility index (Phi) is 7.12. The maximum Gasteiger partial charge on any atom is 0.123 e. The summed E-state index contributed by atoms with van der Waals surface area (Å²) in [6.07, 6.45) is 10.4. The van der Waals surface area contributed by atoms with E-state index >= 15 is 0 Å². The third-order valence-electron chi connectivity index (χ3n) is 3.80. The normalized spacial score (nSPS) is 11.8. The predicted octanol–water partition coefficient (Wildman–Crippen LogP) is 6.15. The minimum Gasteiger partial charge on any atom is -0.207 e. The van der Waals surface area contributed by atoms with E-state index in [2.05, 4.69) is 20.8 Å². The molecule has 0 heterocycles. The summed E-state index contributed by atoms with van der Waals surface area (Å²) in [5.74, 6) is -0.141. The van der Waals surface area contributed by atoms with E-state index in [0.29, 0.717) is 5.41 Å². The molecule has 1 rings (SSSR count). The van der Waals surface area contributed by atoms with Gasteiger partial charge in [-0.25, -0.2) is 4.39 Å². The molecular formula is C18H29F. The second kappa shape index (κ2) is 8.35. The van der Waals surface area contributed by atoms with Crippen LogP contribution in [0.25, 0.3) is 0 Å². The molecule has 0 spiro atoms. The molecular weight excluding hydrogens is 235 g/mol. The molecule has 0 atom stereocenters. The third kappa shape index (κ3) is 7.34. The van der Waals surface area contributed by atoms with E-state index in [-0.39, 0.29) is 5.82 Å². The number of benzene rings is 1. The first-order chi connectivity index (χ1) is 9.03. The quantitative estimate of drug-likeness (QED) is 0.469. The van der Waals surface area contributed by atoms with E-state index in [4.69, 9.17) is 0 Å². The summed E-state index contributed by atoms with van der Waals surface area (Å²) >= 11 is 0. The number of hydrogen-bond donors (Lipinski definition) is 0. The zero-order valence-electron chi connectivity index (χ0n) is 12.8. The molecule has 1 heteroatoms. The van der Waals surface area contributed by atoms with Crippen LogP contribution < -0.4 is 0 Å². The predicted molar refractivity (Wildman–Crippen MR) is 81.9 cm³/mol. The summed E-state index contributed by atoms with van der Waals surface area (Å²) in [7, 11) is 0. The standard InChI is InChI=1S/C18H29F/c1-4-5-6-7-8-9-14-18(2,3)15-16-10-12-17(19)13-11-16/h10-13H,4-9,14-15H2,1-3H3. The van der Waals surface area contributed by atoms with E-state index in [9.17, 15) is 4.39 Å². The van der Waals surface area contributed by atoms with Crippen molar-refractivity contribution in [2.45, 2.75) is 72.1 Å². The molecule has 19 heavy (non-hydrogen) atoms. The van der Waals surface area contributed by atoms with E-state index in [1.54, 1.807) is 12.1 Å². The van der Waals surface area contributed by atoms with E-state index in [1.807, 2.05) is 12.1 Å². The summed E-state index contributed by atoms with van der Waals surface area (Å²) in [4.78, 5) is 0. The summed E-state index contributed by atoms with van der Waals surface area (Å²) in [5, 5.41) is 0. The number of hydrogen-bond acceptors (Lipinski definition) is 0. The van der Waals surface area contributed by atoms with Crippen LogP contribution in [0.3, 0.4) is 0 Å². The lowest BCUT2D eigenvalue weighted by Crippen LogP contribution is -2.14. The van der Waals surface area contributed by atoms with E-state index < -0.39 is 0 Å². The van der Waals surface area contributed by atoms with Crippen LogP contribution in [0.15, 0.2) is 24.3 Å². The summed E-state index contributed by atoms with van der Waals surface area (Å²) in [5.41, 5.74) is 1.57. The molecule has 0 aromatic heterocycles. The molecule has 108 valence electrons. The molecule has 0 N–H and O–H groups in total. The van der Waals surface area contributed by atoms with Crippen LogP contribution in [0, 0.1) is 11.2 Å². The van der Waals surface area contributed by atoms with Crippen molar-refractivity contribution in [3.8, 4) is 0 Å². The monoisotopic (exact) mass is 264 g/mol. The first kappa shape index (κ1) is 16.2. The first-order valence-electron chi connectivity index (χ1n) is 7.78. The van der Waals surface area contributed by atoms with Gasteiger partial charge in [0.15, 0.2) is 0 Å². The second-order valence-electron chi connectivity index (χ2n) is 6.49. The molecule has 0 radical (unpaired) electrons. The SMILES string of the molecule is CCCCCCCCC(C)(C)Cc1ccc(F)cc1. The van der Waals surface area contributed by atoms with Crippen LogP contribution >= 0.6 is 0 Å². The maximum atomic E-state index is 12.9. The fourth-order valence-corrected chi connectivity index (χ4v) is 2.63. The molecule has 0 saturated carbocycles. The molecule has 0 bridgehead atoms.